The first-order valence-corrected chi connectivity index (χ1v) is 6.90. The Labute approximate surface area is 119 Å². The SMILES string of the molecule is CC(C)(C)NCc1csc(COCC(F)(F)C(F)F)n1. The highest BCUT2D eigenvalue weighted by atomic mass is 32.1. The lowest BCUT2D eigenvalue weighted by Crippen LogP contribution is -2.35. The number of thiazole rings is 1. The van der Waals surface area contributed by atoms with Crippen molar-refractivity contribution in [3.63, 3.8) is 0 Å². The van der Waals surface area contributed by atoms with Gasteiger partial charge in [-0.25, -0.2) is 13.8 Å². The van der Waals surface area contributed by atoms with E-state index in [1.807, 2.05) is 20.8 Å². The zero-order valence-electron chi connectivity index (χ0n) is 11.6. The molecule has 20 heavy (non-hydrogen) atoms. The molecule has 0 amide bonds. The molecule has 0 unspecified atom stereocenters. The Hall–Kier alpha value is -0.730. The zero-order valence-corrected chi connectivity index (χ0v) is 12.4. The number of rotatable bonds is 7. The van der Waals surface area contributed by atoms with Crippen molar-refractivity contribution in [2.75, 3.05) is 6.61 Å². The summed E-state index contributed by atoms with van der Waals surface area (Å²) in [6.45, 7) is 5.08. The van der Waals surface area contributed by atoms with E-state index in [9.17, 15) is 17.6 Å². The van der Waals surface area contributed by atoms with Crippen molar-refractivity contribution >= 4 is 11.3 Å². The normalized spacial score (nSPS) is 13.2. The van der Waals surface area contributed by atoms with E-state index >= 15 is 0 Å². The topological polar surface area (TPSA) is 34.1 Å². The van der Waals surface area contributed by atoms with Gasteiger partial charge in [0.2, 0.25) is 0 Å². The Morgan fingerprint density at radius 1 is 1.35 bits per heavy atom. The van der Waals surface area contributed by atoms with Gasteiger partial charge in [0.25, 0.3) is 0 Å². The Kier molecular flexibility index (Phi) is 5.91. The maximum Gasteiger partial charge on any atom is 0.330 e. The smallest absolute Gasteiger partial charge is 0.330 e. The van der Waals surface area contributed by atoms with Crippen molar-refractivity contribution in [1.29, 1.82) is 0 Å². The van der Waals surface area contributed by atoms with Crippen LogP contribution in [0.3, 0.4) is 0 Å². The van der Waals surface area contributed by atoms with Crippen LogP contribution in [0.5, 0.6) is 0 Å². The van der Waals surface area contributed by atoms with Gasteiger partial charge in [0, 0.05) is 17.5 Å². The van der Waals surface area contributed by atoms with Crippen LogP contribution in [0.15, 0.2) is 5.38 Å². The molecule has 0 saturated carbocycles. The van der Waals surface area contributed by atoms with Crippen molar-refractivity contribution < 1.29 is 22.3 Å². The van der Waals surface area contributed by atoms with Gasteiger partial charge in [-0.2, -0.15) is 8.78 Å². The monoisotopic (exact) mass is 314 g/mol. The summed E-state index contributed by atoms with van der Waals surface area (Å²) in [6, 6.07) is 0. The van der Waals surface area contributed by atoms with Gasteiger partial charge in [-0.15, -0.1) is 11.3 Å². The lowest BCUT2D eigenvalue weighted by Gasteiger charge is -2.19. The van der Waals surface area contributed by atoms with E-state index in [0.717, 1.165) is 5.69 Å². The molecule has 1 heterocycles. The van der Waals surface area contributed by atoms with E-state index in [0.29, 0.717) is 11.6 Å². The van der Waals surface area contributed by atoms with E-state index in [2.05, 4.69) is 15.0 Å². The number of hydrogen-bond donors (Lipinski definition) is 1. The molecule has 3 nitrogen and oxygen atoms in total. The van der Waals surface area contributed by atoms with Crippen molar-refractivity contribution in [3.8, 4) is 0 Å². The van der Waals surface area contributed by atoms with Crippen LogP contribution in [0, 0.1) is 0 Å². The fraction of sp³-hybridized carbons (Fsp3) is 0.750. The van der Waals surface area contributed by atoms with E-state index < -0.39 is 19.0 Å². The fourth-order valence-corrected chi connectivity index (χ4v) is 1.92. The van der Waals surface area contributed by atoms with Crippen molar-refractivity contribution in [2.24, 2.45) is 0 Å². The molecule has 0 bridgehead atoms. The average molecular weight is 314 g/mol. The van der Waals surface area contributed by atoms with Gasteiger partial charge in [-0.3, -0.25) is 0 Å². The Balaban J connectivity index is 2.38. The molecule has 1 N–H and O–H groups in total. The molecule has 1 aromatic rings. The van der Waals surface area contributed by atoms with Crippen LogP contribution in [0.25, 0.3) is 0 Å². The van der Waals surface area contributed by atoms with Gasteiger partial charge in [0.05, 0.1) is 12.3 Å². The summed E-state index contributed by atoms with van der Waals surface area (Å²) >= 11 is 1.25. The summed E-state index contributed by atoms with van der Waals surface area (Å²) in [5, 5.41) is 5.50. The highest BCUT2D eigenvalue weighted by Gasteiger charge is 2.40. The van der Waals surface area contributed by atoms with E-state index in [1.54, 1.807) is 5.38 Å². The predicted molar refractivity (Wildman–Crippen MR) is 69.3 cm³/mol. The van der Waals surface area contributed by atoms with Crippen LogP contribution < -0.4 is 5.32 Å². The lowest BCUT2D eigenvalue weighted by molar-refractivity contribution is -0.168. The molecule has 116 valence electrons. The summed E-state index contributed by atoms with van der Waals surface area (Å²) in [6.07, 6.45) is -3.72. The van der Waals surface area contributed by atoms with E-state index in [1.165, 1.54) is 11.3 Å². The summed E-state index contributed by atoms with van der Waals surface area (Å²) in [5.41, 5.74) is 0.712. The van der Waals surface area contributed by atoms with Gasteiger partial charge >= 0.3 is 12.3 Å². The maximum atomic E-state index is 12.6. The van der Waals surface area contributed by atoms with Crippen LogP contribution in [0.1, 0.15) is 31.5 Å². The zero-order chi connectivity index (χ0) is 15.4. The number of nitrogens with one attached hydrogen (secondary N) is 1. The van der Waals surface area contributed by atoms with E-state index in [4.69, 9.17) is 0 Å². The fourth-order valence-electron chi connectivity index (χ4n) is 1.19. The molecule has 0 aliphatic carbocycles. The molecule has 0 atom stereocenters. The van der Waals surface area contributed by atoms with Crippen LogP contribution in [0.2, 0.25) is 0 Å². The van der Waals surface area contributed by atoms with Gasteiger partial charge in [-0.1, -0.05) is 0 Å². The molecule has 1 aromatic heterocycles. The number of halogens is 4. The average Bonchev–Trinajstić information content (AvgIpc) is 2.73. The van der Waals surface area contributed by atoms with Crippen LogP contribution in [-0.2, 0) is 17.9 Å². The molecule has 0 radical (unpaired) electrons. The molecular formula is C12H18F4N2OS. The molecule has 0 aromatic carbocycles. The molecule has 0 fully saturated rings. The number of ether oxygens (including phenoxy) is 1. The van der Waals surface area contributed by atoms with E-state index in [-0.39, 0.29) is 12.1 Å². The minimum atomic E-state index is -4.12. The lowest BCUT2D eigenvalue weighted by atomic mass is 10.1. The summed E-state index contributed by atoms with van der Waals surface area (Å²) in [7, 11) is 0. The molecular weight excluding hydrogens is 296 g/mol. The third kappa shape index (κ3) is 6.15. The minimum Gasteiger partial charge on any atom is -0.368 e. The third-order valence-corrected chi connectivity index (χ3v) is 3.11. The van der Waals surface area contributed by atoms with Crippen molar-refractivity contribution in [3.05, 3.63) is 16.1 Å². The van der Waals surface area contributed by atoms with Gasteiger partial charge in [-0.05, 0) is 20.8 Å². The highest BCUT2D eigenvalue weighted by molar-refractivity contribution is 7.09. The summed E-state index contributed by atoms with van der Waals surface area (Å²) in [5.74, 6) is -4.12. The van der Waals surface area contributed by atoms with Crippen molar-refractivity contribution in [1.82, 2.24) is 10.3 Å². The first kappa shape index (κ1) is 17.3. The van der Waals surface area contributed by atoms with Gasteiger partial charge < -0.3 is 10.1 Å². The first-order valence-electron chi connectivity index (χ1n) is 6.02. The molecule has 0 spiro atoms. The molecule has 0 aliphatic heterocycles. The quantitative estimate of drug-likeness (QED) is 0.783. The second-order valence-electron chi connectivity index (χ2n) is 5.39. The standard InChI is InChI=1S/C12H18F4N2OS/c1-11(2,3)17-4-8-6-20-9(18-8)5-19-7-12(15,16)10(13)14/h6,10,17H,4-5,7H2,1-3H3. The number of hydrogen-bond acceptors (Lipinski definition) is 4. The Bertz CT molecular complexity index is 418. The second kappa shape index (κ2) is 6.82. The molecule has 1 rings (SSSR count). The van der Waals surface area contributed by atoms with Crippen LogP contribution in [-0.4, -0.2) is 29.5 Å². The second-order valence-corrected chi connectivity index (χ2v) is 6.33. The maximum absolute atomic E-state index is 12.6. The van der Waals surface area contributed by atoms with Crippen LogP contribution >= 0.6 is 11.3 Å². The largest absolute Gasteiger partial charge is 0.368 e. The Morgan fingerprint density at radius 3 is 2.55 bits per heavy atom. The number of nitrogens with zero attached hydrogens (tertiary/aromatic N) is 1. The molecule has 0 aliphatic rings. The highest BCUT2D eigenvalue weighted by Crippen LogP contribution is 2.23. The predicted octanol–water partition coefficient (Wildman–Crippen LogP) is 3.45. The first-order chi connectivity index (χ1) is 9.10. The van der Waals surface area contributed by atoms with Gasteiger partial charge in [0.1, 0.15) is 11.6 Å². The van der Waals surface area contributed by atoms with Gasteiger partial charge in [0.15, 0.2) is 0 Å². The Morgan fingerprint density at radius 2 is 2.00 bits per heavy atom. The van der Waals surface area contributed by atoms with Crippen LogP contribution in [0.4, 0.5) is 17.6 Å². The molecule has 8 heteroatoms. The minimum absolute atomic E-state index is 0.0560. The third-order valence-electron chi connectivity index (χ3n) is 2.24. The summed E-state index contributed by atoms with van der Waals surface area (Å²) < 4.78 is 53.6. The summed E-state index contributed by atoms with van der Waals surface area (Å²) in [4.78, 5) is 4.18. The number of alkyl halides is 4. The molecule has 0 saturated heterocycles. The number of aromatic nitrogens is 1. The van der Waals surface area contributed by atoms with Crippen molar-refractivity contribution in [2.45, 2.75) is 51.8 Å².